The molecule has 0 amide bonds. The molecule has 1 aliphatic rings. The summed E-state index contributed by atoms with van der Waals surface area (Å²) in [6.45, 7) is 5.95. The number of rotatable bonds is 4. The Bertz CT molecular complexity index is 463. The van der Waals surface area contributed by atoms with Crippen molar-refractivity contribution in [1.82, 2.24) is 0 Å². The van der Waals surface area contributed by atoms with Crippen LogP contribution < -0.4 is 0 Å². The summed E-state index contributed by atoms with van der Waals surface area (Å²) in [5.74, 6) is 0.405. The molecule has 94 valence electrons. The minimum absolute atomic E-state index is 0.0192. The maximum absolute atomic E-state index is 11.4. The van der Waals surface area contributed by atoms with E-state index < -0.39 is 0 Å². The van der Waals surface area contributed by atoms with Gasteiger partial charge >= 0.3 is 5.97 Å². The average Bonchev–Trinajstić information content (AvgIpc) is 2.32. The van der Waals surface area contributed by atoms with Crippen molar-refractivity contribution >= 4 is 12.0 Å². The molecule has 1 saturated heterocycles. The molecule has 3 heteroatoms. The first-order chi connectivity index (χ1) is 8.63. The Morgan fingerprint density at radius 2 is 2.17 bits per heavy atom. The summed E-state index contributed by atoms with van der Waals surface area (Å²) in [6, 6.07) is 7.91. The van der Waals surface area contributed by atoms with Crippen molar-refractivity contribution in [1.29, 1.82) is 0 Å². The van der Waals surface area contributed by atoms with E-state index in [0.717, 1.165) is 17.7 Å². The average molecular weight is 244 g/mol. The van der Waals surface area contributed by atoms with Crippen LogP contribution in [0.2, 0.25) is 0 Å². The monoisotopic (exact) mass is 244 g/mol. The lowest BCUT2D eigenvalue weighted by Crippen LogP contribution is -2.30. The van der Waals surface area contributed by atoms with E-state index in [0.29, 0.717) is 0 Å². The minimum Gasteiger partial charge on any atom is -0.491 e. The normalized spacial score (nSPS) is 18.3. The van der Waals surface area contributed by atoms with Crippen molar-refractivity contribution in [3.8, 4) is 0 Å². The van der Waals surface area contributed by atoms with Crippen LogP contribution >= 0.6 is 0 Å². The molecule has 0 saturated carbocycles. The molecule has 1 fully saturated rings. The number of carbonyl (C=O) groups is 1. The van der Waals surface area contributed by atoms with Gasteiger partial charge in [0.2, 0.25) is 0 Å². The summed E-state index contributed by atoms with van der Waals surface area (Å²) >= 11 is 0. The van der Waals surface area contributed by atoms with Gasteiger partial charge in [-0.15, -0.1) is 0 Å². The Balaban J connectivity index is 1.76. The molecular formula is C15H16O3. The molecule has 1 heterocycles. The lowest BCUT2D eigenvalue weighted by atomic mass is 10.1. The van der Waals surface area contributed by atoms with Crippen LogP contribution in [-0.2, 0) is 14.3 Å². The van der Waals surface area contributed by atoms with E-state index in [1.54, 1.807) is 6.08 Å². The first-order valence-corrected chi connectivity index (χ1v) is 5.89. The fraction of sp³-hybridized carbons (Fsp3) is 0.267. The number of carbonyl (C=O) groups excluding carboxylic acids is 1. The van der Waals surface area contributed by atoms with Crippen LogP contribution in [0.4, 0.5) is 0 Å². The predicted molar refractivity (Wildman–Crippen MR) is 69.8 cm³/mol. The largest absolute Gasteiger partial charge is 0.491 e. The van der Waals surface area contributed by atoms with Crippen LogP contribution in [-0.4, -0.2) is 18.7 Å². The second kappa shape index (κ2) is 5.54. The second-order valence-corrected chi connectivity index (χ2v) is 4.36. The minimum atomic E-state index is -0.350. The van der Waals surface area contributed by atoms with Crippen molar-refractivity contribution in [3.63, 3.8) is 0 Å². The van der Waals surface area contributed by atoms with Crippen molar-refractivity contribution in [2.75, 3.05) is 6.61 Å². The predicted octanol–water partition coefficient (Wildman–Crippen LogP) is 2.85. The number of hydrogen-bond acceptors (Lipinski definition) is 3. The van der Waals surface area contributed by atoms with Crippen LogP contribution in [0.3, 0.4) is 0 Å². The Labute approximate surface area is 107 Å². The molecule has 2 rings (SSSR count). The maximum Gasteiger partial charge on any atom is 0.330 e. The molecule has 1 aromatic carbocycles. The summed E-state index contributed by atoms with van der Waals surface area (Å²) in [6.07, 6.45) is 3.92. The molecule has 0 radical (unpaired) electrons. The lowest BCUT2D eigenvalue weighted by molar-refractivity contribution is -0.143. The maximum atomic E-state index is 11.4. The zero-order valence-electron chi connectivity index (χ0n) is 10.4. The SMILES string of the molecule is C=C1CC(COC(=O)/C=C/c2ccc(C)cc2)O1. The van der Waals surface area contributed by atoms with Gasteiger partial charge in [-0.1, -0.05) is 36.4 Å². The van der Waals surface area contributed by atoms with Gasteiger partial charge in [0.15, 0.2) is 0 Å². The highest BCUT2D eigenvalue weighted by atomic mass is 16.6. The molecule has 0 aliphatic carbocycles. The number of aryl methyl sites for hydroxylation is 1. The van der Waals surface area contributed by atoms with E-state index in [9.17, 15) is 4.79 Å². The van der Waals surface area contributed by atoms with Gasteiger partial charge in [-0.3, -0.25) is 0 Å². The third kappa shape index (κ3) is 3.48. The van der Waals surface area contributed by atoms with Gasteiger partial charge in [0.1, 0.15) is 12.7 Å². The van der Waals surface area contributed by atoms with Crippen molar-refractivity contribution in [2.24, 2.45) is 0 Å². The van der Waals surface area contributed by atoms with Gasteiger partial charge in [0, 0.05) is 12.5 Å². The van der Waals surface area contributed by atoms with Gasteiger partial charge in [-0.05, 0) is 18.6 Å². The summed E-state index contributed by atoms with van der Waals surface area (Å²) in [7, 11) is 0. The first kappa shape index (κ1) is 12.4. The van der Waals surface area contributed by atoms with E-state index >= 15 is 0 Å². The highest BCUT2D eigenvalue weighted by Crippen LogP contribution is 2.22. The summed E-state index contributed by atoms with van der Waals surface area (Å²) < 4.78 is 10.2. The Morgan fingerprint density at radius 1 is 1.50 bits per heavy atom. The van der Waals surface area contributed by atoms with E-state index in [-0.39, 0.29) is 18.7 Å². The number of hydrogen-bond donors (Lipinski definition) is 0. The molecule has 1 aliphatic heterocycles. The van der Waals surface area contributed by atoms with Gasteiger partial charge in [-0.25, -0.2) is 4.79 Å². The fourth-order valence-corrected chi connectivity index (χ4v) is 1.64. The summed E-state index contributed by atoms with van der Waals surface area (Å²) in [5, 5.41) is 0. The van der Waals surface area contributed by atoms with E-state index in [1.807, 2.05) is 31.2 Å². The summed E-state index contributed by atoms with van der Waals surface area (Å²) in [5.41, 5.74) is 2.17. The quantitative estimate of drug-likeness (QED) is 0.603. The zero-order chi connectivity index (χ0) is 13.0. The van der Waals surface area contributed by atoms with Gasteiger partial charge in [0.25, 0.3) is 0 Å². The smallest absolute Gasteiger partial charge is 0.330 e. The van der Waals surface area contributed by atoms with Crippen LogP contribution in [0.25, 0.3) is 6.08 Å². The Kier molecular flexibility index (Phi) is 3.82. The van der Waals surface area contributed by atoms with Gasteiger partial charge < -0.3 is 9.47 Å². The Morgan fingerprint density at radius 3 is 2.78 bits per heavy atom. The topological polar surface area (TPSA) is 35.5 Å². The molecular weight excluding hydrogens is 228 g/mol. The third-order valence-corrected chi connectivity index (χ3v) is 2.69. The highest BCUT2D eigenvalue weighted by Gasteiger charge is 2.23. The molecule has 1 aromatic rings. The molecule has 0 spiro atoms. The zero-order valence-corrected chi connectivity index (χ0v) is 10.4. The van der Waals surface area contributed by atoms with Crippen LogP contribution in [0, 0.1) is 6.92 Å². The van der Waals surface area contributed by atoms with Crippen molar-refractivity contribution in [3.05, 3.63) is 53.8 Å². The van der Waals surface area contributed by atoms with Crippen LogP contribution in [0.1, 0.15) is 17.5 Å². The van der Waals surface area contributed by atoms with E-state index in [2.05, 4.69) is 6.58 Å². The standard InChI is InChI=1S/C15H16O3/c1-11-3-5-13(6-4-11)7-8-15(16)17-10-14-9-12(2)18-14/h3-8,14H,2,9-10H2,1H3/b8-7+. The van der Waals surface area contributed by atoms with E-state index in [1.165, 1.54) is 11.6 Å². The number of benzene rings is 1. The number of ether oxygens (including phenoxy) is 2. The third-order valence-electron chi connectivity index (χ3n) is 2.69. The van der Waals surface area contributed by atoms with Crippen molar-refractivity contribution in [2.45, 2.75) is 19.4 Å². The molecule has 1 unspecified atom stereocenters. The molecule has 0 N–H and O–H groups in total. The van der Waals surface area contributed by atoms with Crippen LogP contribution in [0.5, 0.6) is 0 Å². The second-order valence-electron chi connectivity index (χ2n) is 4.36. The summed E-state index contributed by atoms with van der Waals surface area (Å²) in [4.78, 5) is 11.4. The fourth-order valence-electron chi connectivity index (χ4n) is 1.64. The Hall–Kier alpha value is -2.03. The molecule has 0 aromatic heterocycles. The highest BCUT2D eigenvalue weighted by molar-refractivity contribution is 5.87. The first-order valence-electron chi connectivity index (χ1n) is 5.89. The van der Waals surface area contributed by atoms with Crippen LogP contribution in [0.15, 0.2) is 42.7 Å². The van der Waals surface area contributed by atoms with Gasteiger partial charge in [-0.2, -0.15) is 0 Å². The molecule has 3 nitrogen and oxygen atoms in total. The van der Waals surface area contributed by atoms with E-state index in [4.69, 9.17) is 9.47 Å². The molecule has 18 heavy (non-hydrogen) atoms. The molecule has 0 bridgehead atoms. The lowest BCUT2D eigenvalue weighted by Gasteiger charge is -2.29. The van der Waals surface area contributed by atoms with Crippen molar-refractivity contribution < 1.29 is 14.3 Å². The number of esters is 1. The molecule has 1 atom stereocenters. The van der Waals surface area contributed by atoms with Gasteiger partial charge in [0.05, 0.1) is 5.76 Å².